The maximum Gasteiger partial charge on any atom is 0.255 e. The van der Waals surface area contributed by atoms with Gasteiger partial charge in [-0.2, -0.15) is 0 Å². The summed E-state index contributed by atoms with van der Waals surface area (Å²) >= 11 is 3.35. The molecule has 0 aliphatic heterocycles. The summed E-state index contributed by atoms with van der Waals surface area (Å²) in [5.41, 5.74) is 2.04. The normalized spacial score (nSPS) is 10.8. The molecular weight excluding hydrogens is 278 g/mol. The van der Waals surface area contributed by atoms with Crippen LogP contribution in [0.1, 0.15) is 6.92 Å². The van der Waals surface area contributed by atoms with Gasteiger partial charge in [0.25, 0.3) is 5.91 Å². The van der Waals surface area contributed by atoms with Crippen molar-refractivity contribution in [2.24, 2.45) is 0 Å². The van der Waals surface area contributed by atoms with Crippen LogP contribution >= 0.6 is 15.9 Å². The van der Waals surface area contributed by atoms with Gasteiger partial charge in [-0.15, -0.1) is 0 Å². The summed E-state index contributed by atoms with van der Waals surface area (Å²) in [7, 11) is 0. The maximum absolute atomic E-state index is 11.9. The van der Waals surface area contributed by atoms with E-state index in [4.69, 9.17) is 0 Å². The van der Waals surface area contributed by atoms with Crippen molar-refractivity contribution in [1.29, 1.82) is 0 Å². The van der Waals surface area contributed by atoms with Crippen molar-refractivity contribution in [2.75, 3.05) is 5.32 Å². The summed E-state index contributed by atoms with van der Waals surface area (Å²) < 4.78 is 0.916. The molecule has 1 rings (SSSR count). The molecule has 0 saturated heterocycles. The lowest BCUT2D eigenvalue weighted by atomic mass is 10.1. The second-order valence-corrected chi connectivity index (χ2v) is 4.53. The number of carbonyl (C=O) groups is 1. The van der Waals surface area contributed by atoms with Crippen LogP contribution in [-0.4, -0.2) is 5.91 Å². The number of rotatable bonds is 4. The molecule has 0 aliphatic carbocycles. The lowest BCUT2D eigenvalue weighted by Gasteiger charge is -2.06. The van der Waals surface area contributed by atoms with E-state index >= 15 is 0 Å². The highest BCUT2D eigenvalue weighted by molar-refractivity contribution is 9.10. The number of hydrogen-bond acceptors (Lipinski definition) is 1. The third-order valence-corrected chi connectivity index (χ3v) is 2.46. The van der Waals surface area contributed by atoms with Crippen molar-refractivity contribution in [1.82, 2.24) is 0 Å². The van der Waals surface area contributed by atoms with Crippen molar-refractivity contribution in [3.8, 4) is 0 Å². The van der Waals surface area contributed by atoms with E-state index in [0.717, 1.165) is 15.7 Å². The molecule has 88 valence electrons. The van der Waals surface area contributed by atoms with E-state index in [1.165, 1.54) is 6.08 Å². The molecular formula is C14H14BrNO. The first-order valence-electron chi connectivity index (χ1n) is 5.09. The zero-order valence-electron chi connectivity index (χ0n) is 9.66. The molecule has 0 spiro atoms. The van der Waals surface area contributed by atoms with Crippen LogP contribution < -0.4 is 5.32 Å². The molecule has 1 amide bonds. The van der Waals surface area contributed by atoms with Crippen LogP contribution in [0, 0.1) is 0 Å². The summed E-state index contributed by atoms with van der Waals surface area (Å²) in [6.45, 7) is 9.18. The Labute approximate surface area is 110 Å². The van der Waals surface area contributed by atoms with Crippen LogP contribution in [0.5, 0.6) is 0 Å². The van der Waals surface area contributed by atoms with E-state index in [0.29, 0.717) is 5.57 Å². The highest BCUT2D eigenvalue weighted by Crippen LogP contribution is 2.16. The number of allylic oxidation sites excluding steroid dienone is 2. The van der Waals surface area contributed by atoms with Crippen molar-refractivity contribution in [3.63, 3.8) is 0 Å². The SMILES string of the molecule is C=C/C(=C\C(=C)C)C(=O)Nc1cccc(Br)c1. The number of hydrogen-bond donors (Lipinski definition) is 1. The topological polar surface area (TPSA) is 29.1 Å². The Bertz CT molecular complexity index is 489. The maximum atomic E-state index is 11.9. The molecule has 0 aromatic heterocycles. The van der Waals surface area contributed by atoms with Crippen LogP contribution in [-0.2, 0) is 4.79 Å². The van der Waals surface area contributed by atoms with Crippen LogP contribution in [0.25, 0.3) is 0 Å². The third kappa shape index (κ3) is 4.41. The van der Waals surface area contributed by atoms with Crippen molar-refractivity contribution in [2.45, 2.75) is 6.92 Å². The summed E-state index contributed by atoms with van der Waals surface area (Å²) in [6, 6.07) is 7.41. The van der Waals surface area contributed by atoms with Crippen LogP contribution in [0.15, 0.2) is 65.2 Å². The molecule has 0 atom stereocenters. The van der Waals surface area contributed by atoms with E-state index in [-0.39, 0.29) is 5.91 Å². The Hall–Kier alpha value is -1.61. The van der Waals surface area contributed by atoms with Gasteiger partial charge in [0.1, 0.15) is 0 Å². The quantitative estimate of drug-likeness (QED) is 0.657. The first kappa shape index (κ1) is 13.5. The molecule has 0 heterocycles. The van der Waals surface area contributed by atoms with Gasteiger partial charge in [-0.1, -0.05) is 46.8 Å². The summed E-state index contributed by atoms with van der Waals surface area (Å²) in [6.07, 6.45) is 3.21. The molecule has 0 radical (unpaired) electrons. The Morgan fingerprint density at radius 1 is 1.47 bits per heavy atom. The molecule has 0 aliphatic rings. The average Bonchev–Trinajstić information content (AvgIpc) is 2.25. The molecule has 0 unspecified atom stereocenters. The third-order valence-electron chi connectivity index (χ3n) is 1.97. The molecule has 0 saturated carbocycles. The smallest absolute Gasteiger partial charge is 0.255 e. The van der Waals surface area contributed by atoms with Gasteiger partial charge in [0.05, 0.1) is 0 Å². The van der Waals surface area contributed by atoms with Crippen molar-refractivity contribution >= 4 is 27.5 Å². The molecule has 0 bridgehead atoms. The lowest BCUT2D eigenvalue weighted by molar-refractivity contribution is -0.112. The fourth-order valence-corrected chi connectivity index (χ4v) is 1.65. The highest BCUT2D eigenvalue weighted by atomic mass is 79.9. The molecule has 17 heavy (non-hydrogen) atoms. The Balaban J connectivity index is 2.85. The number of carbonyl (C=O) groups excluding carboxylic acids is 1. The first-order valence-corrected chi connectivity index (χ1v) is 5.89. The van der Waals surface area contributed by atoms with Gasteiger partial charge in [-0.05, 0) is 31.2 Å². The zero-order chi connectivity index (χ0) is 12.8. The van der Waals surface area contributed by atoms with Gasteiger partial charge in [-0.25, -0.2) is 0 Å². The largest absolute Gasteiger partial charge is 0.322 e. The van der Waals surface area contributed by atoms with Gasteiger partial charge in [0, 0.05) is 15.7 Å². The fraction of sp³-hybridized carbons (Fsp3) is 0.0714. The second-order valence-electron chi connectivity index (χ2n) is 3.61. The van der Waals surface area contributed by atoms with E-state index < -0.39 is 0 Å². The minimum Gasteiger partial charge on any atom is -0.322 e. The van der Waals surface area contributed by atoms with Crippen molar-refractivity contribution in [3.05, 3.63) is 65.2 Å². The zero-order valence-corrected chi connectivity index (χ0v) is 11.3. The molecule has 1 aromatic carbocycles. The summed E-state index contributed by atoms with van der Waals surface area (Å²) in [4.78, 5) is 11.9. The Kier molecular flexibility index (Phi) is 4.91. The lowest BCUT2D eigenvalue weighted by Crippen LogP contribution is -2.13. The van der Waals surface area contributed by atoms with Gasteiger partial charge in [0.15, 0.2) is 0 Å². The molecule has 1 aromatic rings. The van der Waals surface area contributed by atoms with Crippen LogP contribution in [0.2, 0.25) is 0 Å². The predicted molar refractivity (Wildman–Crippen MR) is 75.9 cm³/mol. The second kappa shape index (κ2) is 6.21. The van der Waals surface area contributed by atoms with E-state index in [1.54, 1.807) is 6.08 Å². The monoisotopic (exact) mass is 291 g/mol. The van der Waals surface area contributed by atoms with Crippen LogP contribution in [0.3, 0.4) is 0 Å². The number of amides is 1. The first-order chi connectivity index (χ1) is 8.02. The highest BCUT2D eigenvalue weighted by Gasteiger charge is 2.06. The number of benzene rings is 1. The van der Waals surface area contributed by atoms with Gasteiger partial charge in [-0.3, -0.25) is 4.79 Å². The van der Waals surface area contributed by atoms with Crippen molar-refractivity contribution < 1.29 is 4.79 Å². The fourth-order valence-electron chi connectivity index (χ4n) is 1.25. The van der Waals surface area contributed by atoms with Gasteiger partial charge in [0.2, 0.25) is 0 Å². The standard InChI is InChI=1S/C14H14BrNO/c1-4-11(8-10(2)3)14(17)16-13-7-5-6-12(15)9-13/h4-9H,1-2H2,3H3,(H,16,17)/b11-8+. The number of halogens is 1. The molecule has 2 nitrogen and oxygen atoms in total. The Morgan fingerprint density at radius 2 is 2.18 bits per heavy atom. The predicted octanol–water partition coefficient (Wildman–Crippen LogP) is 4.08. The van der Waals surface area contributed by atoms with E-state index in [2.05, 4.69) is 34.4 Å². The summed E-state index contributed by atoms with van der Waals surface area (Å²) in [5, 5.41) is 2.79. The summed E-state index contributed by atoms with van der Waals surface area (Å²) in [5.74, 6) is -0.193. The van der Waals surface area contributed by atoms with E-state index in [1.807, 2.05) is 31.2 Å². The molecule has 0 fully saturated rings. The number of nitrogens with one attached hydrogen (secondary N) is 1. The van der Waals surface area contributed by atoms with Gasteiger partial charge >= 0.3 is 0 Å². The number of anilines is 1. The van der Waals surface area contributed by atoms with Crippen LogP contribution in [0.4, 0.5) is 5.69 Å². The Morgan fingerprint density at radius 3 is 2.71 bits per heavy atom. The van der Waals surface area contributed by atoms with E-state index in [9.17, 15) is 4.79 Å². The van der Waals surface area contributed by atoms with Gasteiger partial charge < -0.3 is 5.32 Å². The average molecular weight is 292 g/mol. The molecule has 1 N–H and O–H groups in total. The molecule has 3 heteroatoms. The minimum absolute atomic E-state index is 0.193. The minimum atomic E-state index is -0.193.